The summed E-state index contributed by atoms with van der Waals surface area (Å²) in [6.07, 6.45) is -1.69. The van der Waals surface area contributed by atoms with Gasteiger partial charge < -0.3 is 20.1 Å². The monoisotopic (exact) mass is 362 g/mol. The van der Waals surface area contributed by atoms with Crippen LogP contribution in [-0.2, 0) is 11.3 Å². The molecule has 2 fully saturated rings. The Morgan fingerprint density at radius 1 is 1.48 bits per heavy atom. The summed E-state index contributed by atoms with van der Waals surface area (Å²) in [5.41, 5.74) is 0.787. The number of halogens is 3. The lowest BCUT2D eigenvalue weighted by Gasteiger charge is -2.23. The van der Waals surface area contributed by atoms with Crippen molar-refractivity contribution in [2.75, 3.05) is 25.6 Å². The minimum Gasteiger partial charge on any atom is -0.391 e. The van der Waals surface area contributed by atoms with Gasteiger partial charge in [0.05, 0.1) is 30.1 Å². The Kier molecular flexibility index (Phi) is 4.92. The molecule has 10 heteroatoms. The number of likely N-dealkylation sites (tertiary alicyclic amines) is 1. The van der Waals surface area contributed by atoms with Gasteiger partial charge in [0.15, 0.2) is 0 Å². The first kappa shape index (κ1) is 18.0. The number of carbonyl (C=O) groups excluding carboxylic acids is 1. The zero-order valence-corrected chi connectivity index (χ0v) is 13.8. The second kappa shape index (κ2) is 6.83. The highest BCUT2D eigenvalue weighted by molar-refractivity contribution is 5.90. The number of amides is 2. The van der Waals surface area contributed by atoms with Crippen LogP contribution in [0, 0.1) is 0 Å². The third-order valence-electron chi connectivity index (χ3n) is 4.35. The van der Waals surface area contributed by atoms with E-state index in [0.29, 0.717) is 17.8 Å². The zero-order chi connectivity index (χ0) is 18.2. The van der Waals surface area contributed by atoms with Crippen LogP contribution in [0.5, 0.6) is 0 Å². The van der Waals surface area contributed by atoms with Crippen molar-refractivity contribution >= 4 is 11.7 Å². The summed E-state index contributed by atoms with van der Waals surface area (Å²) in [7, 11) is 1.51. The van der Waals surface area contributed by atoms with Crippen molar-refractivity contribution in [3.8, 4) is 0 Å². The Bertz CT molecular complexity index is 630. The SMILES string of the molecule is COCC1CC(O)CN1C(=O)Nc1cn(CC(F)(F)F)nc1C1CC1. The number of aliphatic hydroxyl groups excluding tert-OH is 1. The molecule has 3 rings (SSSR count). The number of hydrogen-bond acceptors (Lipinski definition) is 4. The summed E-state index contributed by atoms with van der Waals surface area (Å²) < 4.78 is 43.6. The molecule has 25 heavy (non-hydrogen) atoms. The van der Waals surface area contributed by atoms with Gasteiger partial charge in [0.25, 0.3) is 0 Å². The lowest BCUT2D eigenvalue weighted by atomic mass is 10.2. The number of β-amino-alcohol motifs (C(OH)–C–C–N with tert-alkyl or cyclic N) is 1. The molecule has 1 aliphatic heterocycles. The first-order chi connectivity index (χ1) is 11.8. The molecule has 7 nitrogen and oxygen atoms in total. The third-order valence-corrected chi connectivity index (χ3v) is 4.35. The predicted octanol–water partition coefficient (Wildman–Crippen LogP) is 1.94. The van der Waals surface area contributed by atoms with Crippen molar-refractivity contribution in [3.05, 3.63) is 11.9 Å². The Morgan fingerprint density at radius 2 is 2.20 bits per heavy atom. The molecule has 1 aromatic rings. The number of aromatic nitrogens is 2. The van der Waals surface area contributed by atoms with Crippen LogP contribution in [-0.4, -0.2) is 64.4 Å². The molecular weight excluding hydrogens is 341 g/mol. The number of rotatable bonds is 5. The Morgan fingerprint density at radius 3 is 2.80 bits per heavy atom. The molecule has 0 radical (unpaired) electrons. The van der Waals surface area contributed by atoms with E-state index in [2.05, 4.69) is 10.4 Å². The first-order valence-electron chi connectivity index (χ1n) is 8.15. The van der Waals surface area contributed by atoms with Crippen LogP contribution >= 0.6 is 0 Å². The van der Waals surface area contributed by atoms with E-state index >= 15 is 0 Å². The van der Waals surface area contributed by atoms with Gasteiger partial charge in [-0.15, -0.1) is 0 Å². The molecule has 2 aliphatic rings. The molecule has 2 heterocycles. The van der Waals surface area contributed by atoms with Crippen molar-refractivity contribution in [3.63, 3.8) is 0 Å². The quantitative estimate of drug-likeness (QED) is 0.839. The van der Waals surface area contributed by atoms with E-state index in [1.54, 1.807) is 0 Å². The fourth-order valence-corrected chi connectivity index (χ4v) is 3.13. The molecule has 1 saturated heterocycles. The van der Waals surface area contributed by atoms with Gasteiger partial charge in [-0.05, 0) is 19.3 Å². The molecule has 2 N–H and O–H groups in total. The van der Waals surface area contributed by atoms with E-state index in [4.69, 9.17) is 4.74 Å². The molecule has 0 aromatic carbocycles. The number of nitrogens with one attached hydrogen (secondary N) is 1. The zero-order valence-electron chi connectivity index (χ0n) is 13.8. The van der Waals surface area contributed by atoms with Crippen molar-refractivity contribution in [2.45, 2.75) is 50.0 Å². The highest BCUT2D eigenvalue weighted by Gasteiger charge is 2.37. The summed E-state index contributed by atoms with van der Waals surface area (Å²) in [6.45, 7) is -0.750. The average molecular weight is 362 g/mol. The maximum absolute atomic E-state index is 12.6. The van der Waals surface area contributed by atoms with Gasteiger partial charge in [-0.25, -0.2) is 4.79 Å². The van der Waals surface area contributed by atoms with Gasteiger partial charge in [0.2, 0.25) is 0 Å². The molecule has 0 spiro atoms. The smallest absolute Gasteiger partial charge is 0.391 e. The number of ether oxygens (including phenoxy) is 1. The number of hydrogen-bond donors (Lipinski definition) is 2. The second-order valence-electron chi connectivity index (χ2n) is 6.60. The minimum absolute atomic E-state index is 0.0868. The van der Waals surface area contributed by atoms with Crippen LogP contribution in [0.1, 0.15) is 30.9 Å². The van der Waals surface area contributed by atoms with Crippen LogP contribution in [0.2, 0.25) is 0 Å². The standard InChI is InChI=1S/C15H21F3N4O3/c1-25-7-10-4-11(23)5-22(10)14(24)19-12-6-21(8-15(16,17)18)20-13(12)9-2-3-9/h6,9-11,23H,2-5,7-8H2,1H3,(H,19,24). The van der Waals surface area contributed by atoms with E-state index in [9.17, 15) is 23.1 Å². The van der Waals surface area contributed by atoms with E-state index in [-0.39, 0.29) is 25.1 Å². The minimum atomic E-state index is -4.38. The van der Waals surface area contributed by atoms with Crippen molar-refractivity contribution in [2.24, 2.45) is 0 Å². The summed E-state index contributed by atoms with van der Waals surface area (Å²) in [6, 6.07) is -0.735. The summed E-state index contributed by atoms with van der Waals surface area (Å²) in [5, 5.41) is 16.4. The van der Waals surface area contributed by atoms with E-state index in [1.807, 2.05) is 0 Å². The number of anilines is 1. The molecule has 1 aliphatic carbocycles. The van der Waals surface area contributed by atoms with E-state index in [0.717, 1.165) is 17.5 Å². The molecule has 1 aromatic heterocycles. The van der Waals surface area contributed by atoms with Gasteiger partial charge in [-0.3, -0.25) is 4.68 Å². The number of urea groups is 1. The summed E-state index contributed by atoms with van der Waals surface area (Å²) in [5.74, 6) is 0.0868. The maximum atomic E-state index is 12.6. The predicted molar refractivity (Wildman–Crippen MR) is 82.3 cm³/mol. The van der Waals surface area contributed by atoms with Crippen LogP contribution in [0.25, 0.3) is 0 Å². The van der Waals surface area contributed by atoms with Crippen LogP contribution in [0.3, 0.4) is 0 Å². The van der Waals surface area contributed by atoms with Gasteiger partial charge >= 0.3 is 12.2 Å². The van der Waals surface area contributed by atoms with Gasteiger partial charge in [0.1, 0.15) is 6.54 Å². The fraction of sp³-hybridized carbons (Fsp3) is 0.733. The van der Waals surface area contributed by atoms with Crippen molar-refractivity contribution in [1.29, 1.82) is 0 Å². The van der Waals surface area contributed by atoms with Crippen LogP contribution in [0.4, 0.5) is 23.7 Å². The molecule has 0 bridgehead atoms. The average Bonchev–Trinajstić information content (AvgIpc) is 3.17. The largest absolute Gasteiger partial charge is 0.408 e. The molecule has 1 saturated carbocycles. The normalized spacial score (nSPS) is 24.0. The number of methoxy groups -OCH3 is 1. The van der Waals surface area contributed by atoms with Crippen molar-refractivity contribution < 1.29 is 27.8 Å². The number of nitrogens with zero attached hydrogens (tertiary/aromatic N) is 3. The molecule has 140 valence electrons. The number of alkyl halides is 3. The Hall–Kier alpha value is -1.81. The van der Waals surface area contributed by atoms with Crippen LogP contribution in [0.15, 0.2) is 6.20 Å². The van der Waals surface area contributed by atoms with Gasteiger partial charge in [-0.1, -0.05) is 0 Å². The molecular formula is C15H21F3N4O3. The lowest BCUT2D eigenvalue weighted by molar-refractivity contribution is -0.142. The number of aliphatic hydroxyl groups is 1. The van der Waals surface area contributed by atoms with Crippen LogP contribution < -0.4 is 5.32 Å². The Balaban J connectivity index is 1.74. The van der Waals surface area contributed by atoms with Crippen molar-refractivity contribution in [1.82, 2.24) is 14.7 Å². The first-order valence-corrected chi connectivity index (χ1v) is 8.15. The summed E-state index contributed by atoms with van der Waals surface area (Å²) >= 11 is 0. The topological polar surface area (TPSA) is 79.6 Å². The lowest BCUT2D eigenvalue weighted by Crippen LogP contribution is -2.41. The molecule has 2 atom stereocenters. The van der Waals surface area contributed by atoms with Gasteiger partial charge in [-0.2, -0.15) is 18.3 Å². The summed E-state index contributed by atoms with van der Waals surface area (Å²) in [4.78, 5) is 14.0. The van der Waals surface area contributed by atoms with E-state index in [1.165, 1.54) is 18.2 Å². The highest BCUT2D eigenvalue weighted by atomic mass is 19.4. The second-order valence-corrected chi connectivity index (χ2v) is 6.60. The molecule has 2 amide bonds. The fourth-order valence-electron chi connectivity index (χ4n) is 3.13. The van der Waals surface area contributed by atoms with E-state index < -0.39 is 24.9 Å². The van der Waals surface area contributed by atoms with Gasteiger partial charge in [0, 0.05) is 25.8 Å². The highest BCUT2D eigenvalue weighted by Crippen LogP contribution is 2.42. The Labute approximate surface area is 142 Å². The maximum Gasteiger partial charge on any atom is 0.408 e. The third kappa shape index (κ3) is 4.43. The number of carbonyl (C=O) groups is 1. The molecule has 2 unspecified atom stereocenters.